The molecule has 0 bridgehead atoms. The molecule has 2 fully saturated rings. The van der Waals surface area contributed by atoms with E-state index in [2.05, 4.69) is 25.7 Å². The van der Waals surface area contributed by atoms with Gasteiger partial charge in [0.05, 0.1) is 5.41 Å². The van der Waals surface area contributed by atoms with Gasteiger partial charge in [-0.25, -0.2) is 0 Å². The molecule has 0 spiro atoms. The van der Waals surface area contributed by atoms with Crippen molar-refractivity contribution < 1.29 is 4.79 Å². The predicted octanol–water partition coefficient (Wildman–Crippen LogP) is 2.54. The summed E-state index contributed by atoms with van der Waals surface area (Å²) in [6.45, 7) is 8.52. The molecule has 18 heavy (non-hydrogen) atoms. The summed E-state index contributed by atoms with van der Waals surface area (Å²) in [5, 5.41) is 0. The maximum absolute atomic E-state index is 12.7. The topological polar surface area (TPSA) is 46.3 Å². The number of likely N-dealkylation sites (tertiary alicyclic amines) is 1. The van der Waals surface area contributed by atoms with Crippen LogP contribution in [0.1, 0.15) is 59.3 Å². The van der Waals surface area contributed by atoms with Crippen LogP contribution in [0.5, 0.6) is 0 Å². The molecule has 1 heterocycles. The maximum Gasteiger partial charge on any atom is 0.230 e. The summed E-state index contributed by atoms with van der Waals surface area (Å²) >= 11 is 0. The second-order valence-electron chi connectivity index (χ2n) is 7.23. The Hall–Kier alpha value is -0.570. The lowest BCUT2D eigenvalue weighted by Gasteiger charge is -2.34. The molecule has 2 N–H and O–H groups in total. The summed E-state index contributed by atoms with van der Waals surface area (Å²) in [7, 11) is 0. The Morgan fingerprint density at radius 2 is 1.83 bits per heavy atom. The van der Waals surface area contributed by atoms with Crippen LogP contribution in [0.3, 0.4) is 0 Å². The molecule has 1 aliphatic heterocycles. The second-order valence-corrected chi connectivity index (χ2v) is 7.23. The van der Waals surface area contributed by atoms with Crippen LogP contribution < -0.4 is 5.73 Å². The molecule has 3 nitrogen and oxygen atoms in total. The lowest BCUT2D eigenvalue weighted by Crippen LogP contribution is -2.49. The smallest absolute Gasteiger partial charge is 0.230 e. The lowest BCUT2D eigenvalue weighted by molar-refractivity contribution is -0.141. The first-order valence-corrected chi connectivity index (χ1v) is 7.40. The van der Waals surface area contributed by atoms with E-state index in [1.807, 2.05) is 0 Å². The van der Waals surface area contributed by atoms with Crippen LogP contribution in [0.4, 0.5) is 0 Å². The normalized spacial score (nSPS) is 36.4. The molecule has 3 heteroatoms. The molecule has 2 atom stereocenters. The van der Waals surface area contributed by atoms with Gasteiger partial charge in [-0.05, 0) is 44.4 Å². The van der Waals surface area contributed by atoms with Gasteiger partial charge in [-0.15, -0.1) is 0 Å². The van der Waals surface area contributed by atoms with Gasteiger partial charge in [0.25, 0.3) is 0 Å². The standard InChI is InChI=1S/C15H28N2O/c1-14(2)7-5-10-17(11-9-14)13(18)15(3)8-4-6-12(15)16/h12H,4-11,16H2,1-3H3. The van der Waals surface area contributed by atoms with E-state index in [0.29, 0.717) is 11.3 Å². The Balaban J connectivity index is 2.05. The van der Waals surface area contributed by atoms with Gasteiger partial charge in [-0.2, -0.15) is 0 Å². The monoisotopic (exact) mass is 252 g/mol. The molecule has 0 aromatic carbocycles. The number of hydrogen-bond acceptors (Lipinski definition) is 2. The van der Waals surface area contributed by atoms with Gasteiger partial charge in [0, 0.05) is 19.1 Å². The molecule has 104 valence electrons. The number of rotatable bonds is 1. The van der Waals surface area contributed by atoms with E-state index in [0.717, 1.165) is 45.2 Å². The third-order valence-corrected chi connectivity index (χ3v) is 5.15. The first kappa shape index (κ1) is 13.9. The van der Waals surface area contributed by atoms with Crippen molar-refractivity contribution in [1.82, 2.24) is 4.90 Å². The number of carbonyl (C=O) groups excluding carboxylic acids is 1. The fourth-order valence-corrected chi connectivity index (χ4v) is 3.45. The first-order chi connectivity index (χ1) is 8.35. The quantitative estimate of drug-likeness (QED) is 0.779. The molecule has 2 unspecified atom stereocenters. The second kappa shape index (κ2) is 4.84. The summed E-state index contributed by atoms with van der Waals surface area (Å²) in [5.74, 6) is 0.310. The molecule has 1 saturated carbocycles. The van der Waals surface area contributed by atoms with Crippen molar-refractivity contribution in [3.05, 3.63) is 0 Å². The van der Waals surface area contributed by atoms with Gasteiger partial charge in [-0.1, -0.05) is 20.3 Å². The number of carbonyl (C=O) groups is 1. The largest absolute Gasteiger partial charge is 0.342 e. The average Bonchev–Trinajstić information content (AvgIpc) is 2.54. The van der Waals surface area contributed by atoms with Crippen molar-refractivity contribution >= 4 is 5.91 Å². The van der Waals surface area contributed by atoms with Crippen LogP contribution in [-0.4, -0.2) is 29.9 Å². The third kappa shape index (κ3) is 2.56. The zero-order valence-electron chi connectivity index (χ0n) is 12.2. The molecule has 2 aliphatic rings. The highest BCUT2D eigenvalue weighted by Gasteiger charge is 2.45. The van der Waals surface area contributed by atoms with E-state index in [-0.39, 0.29) is 11.5 Å². The molecule has 0 aromatic heterocycles. The van der Waals surface area contributed by atoms with E-state index in [1.165, 1.54) is 6.42 Å². The zero-order chi connectivity index (χ0) is 13.4. The maximum atomic E-state index is 12.7. The van der Waals surface area contributed by atoms with Crippen molar-refractivity contribution in [3.63, 3.8) is 0 Å². The SMILES string of the molecule is CC1(C)CCCN(C(=O)C2(C)CCCC2N)CC1. The van der Waals surface area contributed by atoms with Gasteiger partial charge in [-0.3, -0.25) is 4.79 Å². The predicted molar refractivity (Wildman–Crippen MR) is 74.1 cm³/mol. The minimum absolute atomic E-state index is 0.0567. The lowest BCUT2D eigenvalue weighted by atomic mass is 9.83. The van der Waals surface area contributed by atoms with Crippen molar-refractivity contribution in [2.45, 2.75) is 65.3 Å². The number of amides is 1. The summed E-state index contributed by atoms with van der Waals surface area (Å²) < 4.78 is 0. The molecule has 0 radical (unpaired) electrons. The highest BCUT2D eigenvalue weighted by Crippen LogP contribution is 2.39. The van der Waals surface area contributed by atoms with E-state index in [4.69, 9.17) is 5.73 Å². The van der Waals surface area contributed by atoms with Crippen molar-refractivity contribution in [2.75, 3.05) is 13.1 Å². The minimum atomic E-state index is -0.297. The van der Waals surface area contributed by atoms with Crippen molar-refractivity contribution in [3.8, 4) is 0 Å². The van der Waals surface area contributed by atoms with Gasteiger partial charge in [0.2, 0.25) is 5.91 Å². The molecule has 2 rings (SSSR count). The zero-order valence-corrected chi connectivity index (χ0v) is 12.2. The Bertz CT molecular complexity index is 326. The van der Waals surface area contributed by atoms with Gasteiger partial charge >= 0.3 is 0 Å². The Kier molecular flexibility index (Phi) is 3.72. The average molecular weight is 252 g/mol. The number of nitrogens with zero attached hydrogens (tertiary/aromatic N) is 1. The summed E-state index contributed by atoms with van der Waals surface area (Å²) in [6, 6.07) is 0.0567. The van der Waals surface area contributed by atoms with E-state index in [1.54, 1.807) is 0 Å². The summed E-state index contributed by atoms with van der Waals surface area (Å²) in [6.07, 6.45) is 6.53. The summed E-state index contributed by atoms with van der Waals surface area (Å²) in [5.41, 5.74) is 6.25. The fraction of sp³-hybridized carbons (Fsp3) is 0.933. The van der Waals surface area contributed by atoms with Crippen molar-refractivity contribution in [2.24, 2.45) is 16.6 Å². The van der Waals surface area contributed by atoms with Crippen LogP contribution in [0.15, 0.2) is 0 Å². The van der Waals surface area contributed by atoms with E-state index >= 15 is 0 Å². The van der Waals surface area contributed by atoms with E-state index < -0.39 is 0 Å². The molecular formula is C15H28N2O. The first-order valence-electron chi connectivity index (χ1n) is 7.40. The molecule has 1 saturated heterocycles. The molecule has 1 aliphatic carbocycles. The minimum Gasteiger partial charge on any atom is -0.342 e. The van der Waals surface area contributed by atoms with Crippen molar-refractivity contribution in [1.29, 1.82) is 0 Å². The Morgan fingerprint density at radius 1 is 1.11 bits per heavy atom. The van der Waals surface area contributed by atoms with Crippen LogP contribution >= 0.6 is 0 Å². The number of hydrogen-bond donors (Lipinski definition) is 1. The highest BCUT2D eigenvalue weighted by molar-refractivity contribution is 5.83. The van der Waals surface area contributed by atoms with Crippen LogP contribution in [0.25, 0.3) is 0 Å². The molecule has 1 amide bonds. The fourth-order valence-electron chi connectivity index (χ4n) is 3.45. The Morgan fingerprint density at radius 3 is 2.44 bits per heavy atom. The highest BCUT2D eigenvalue weighted by atomic mass is 16.2. The summed E-state index contributed by atoms with van der Waals surface area (Å²) in [4.78, 5) is 14.8. The van der Waals surface area contributed by atoms with Crippen LogP contribution in [0.2, 0.25) is 0 Å². The van der Waals surface area contributed by atoms with Gasteiger partial charge in [0.15, 0.2) is 0 Å². The van der Waals surface area contributed by atoms with Crippen LogP contribution in [-0.2, 0) is 4.79 Å². The van der Waals surface area contributed by atoms with Gasteiger partial charge < -0.3 is 10.6 Å². The third-order valence-electron chi connectivity index (χ3n) is 5.15. The molecular weight excluding hydrogens is 224 g/mol. The van der Waals surface area contributed by atoms with E-state index in [9.17, 15) is 4.79 Å². The number of nitrogens with two attached hydrogens (primary N) is 1. The van der Waals surface area contributed by atoms with Crippen LogP contribution in [0, 0.1) is 10.8 Å². The van der Waals surface area contributed by atoms with Gasteiger partial charge in [0.1, 0.15) is 0 Å². The molecule has 0 aromatic rings. The Labute approximate surface area is 111 Å².